The molecule has 9 heteroatoms. The Kier molecular flexibility index (Phi) is 25.7. The Hall–Kier alpha value is 0.0949. The van der Waals surface area contributed by atoms with Crippen LogP contribution in [-0.4, -0.2) is 46.3 Å². The van der Waals surface area contributed by atoms with Crippen LogP contribution in [0.3, 0.4) is 0 Å². The molecule has 0 rings (SSSR count). The van der Waals surface area contributed by atoms with Crippen LogP contribution in [0, 0.1) is 0 Å². The van der Waals surface area contributed by atoms with E-state index in [9.17, 15) is 32.6 Å². The van der Waals surface area contributed by atoms with Crippen LogP contribution >= 0.6 is 7.26 Å². The molecular formula is C27H58BF4O3P. The fraction of sp³-hybridized carbons (Fsp3) is 1.00. The highest BCUT2D eigenvalue weighted by atomic mass is 31.2. The summed E-state index contributed by atoms with van der Waals surface area (Å²) < 4.78 is 39.0. The zero-order valence-corrected chi connectivity index (χ0v) is 24.6. The van der Waals surface area contributed by atoms with E-state index in [4.69, 9.17) is 0 Å². The topological polar surface area (TPSA) is 60.7 Å². The Morgan fingerprint density at radius 3 is 0.917 bits per heavy atom. The van der Waals surface area contributed by atoms with Gasteiger partial charge in [-0.25, -0.2) is 0 Å². The maximum absolute atomic E-state index is 10.7. The minimum Gasteiger partial charge on any atom is -0.418 e. The molecule has 3 nitrogen and oxygen atoms in total. The lowest BCUT2D eigenvalue weighted by atomic mass is 10.0. The lowest BCUT2D eigenvalue weighted by Gasteiger charge is -2.38. The van der Waals surface area contributed by atoms with Crippen molar-refractivity contribution in [3.8, 4) is 0 Å². The zero-order chi connectivity index (χ0) is 27.9. The highest BCUT2D eigenvalue weighted by Crippen LogP contribution is 2.71. The minimum absolute atomic E-state index is 0.534. The number of aliphatic hydroxyl groups excluding tert-OH is 3. The third-order valence-electron chi connectivity index (χ3n) is 7.16. The van der Waals surface area contributed by atoms with Crippen LogP contribution < -0.4 is 0 Å². The summed E-state index contributed by atoms with van der Waals surface area (Å²) in [5, 5.41) is 32.2. The summed E-state index contributed by atoms with van der Waals surface area (Å²) in [4.78, 5) is 0. The van der Waals surface area contributed by atoms with Gasteiger partial charge in [-0.15, -0.1) is 0 Å². The molecule has 0 amide bonds. The van der Waals surface area contributed by atoms with E-state index in [1.807, 2.05) is 20.8 Å². The van der Waals surface area contributed by atoms with Gasteiger partial charge >= 0.3 is 7.25 Å². The van der Waals surface area contributed by atoms with Gasteiger partial charge in [0.2, 0.25) is 0 Å². The first-order valence-electron chi connectivity index (χ1n) is 14.8. The molecule has 0 spiro atoms. The summed E-state index contributed by atoms with van der Waals surface area (Å²) in [6, 6.07) is 0. The maximum Gasteiger partial charge on any atom is 0.673 e. The van der Waals surface area contributed by atoms with Crippen molar-refractivity contribution in [2.45, 2.75) is 167 Å². The van der Waals surface area contributed by atoms with Crippen molar-refractivity contribution in [2.75, 3.05) is 6.16 Å². The summed E-state index contributed by atoms with van der Waals surface area (Å²) in [5.41, 5.74) is 0. The van der Waals surface area contributed by atoms with E-state index >= 15 is 0 Å². The first-order chi connectivity index (χ1) is 17.0. The van der Waals surface area contributed by atoms with Crippen molar-refractivity contribution in [3.63, 3.8) is 0 Å². The van der Waals surface area contributed by atoms with Crippen LogP contribution in [0.25, 0.3) is 0 Å². The van der Waals surface area contributed by atoms with Crippen molar-refractivity contribution in [1.29, 1.82) is 0 Å². The quantitative estimate of drug-likeness (QED) is 0.0516. The standard InChI is InChI=1S/C27H58O3P.BF4/c1-5-9-10-11-12-13-14-15-16-17-18-19-20-21-22-23-24-31(25(28)6-2,26(29)7-3)27(30)8-4;2-1(3,4)5/h25-30H,5-24H2,1-4H3;/q+1;-1. The molecule has 0 aromatic rings. The molecular weight excluding hydrogens is 490 g/mol. The molecule has 0 saturated heterocycles. The van der Waals surface area contributed by atoms with Crippen LogP contribution in [0.4, 0.5) is 17.3 Å². The van der Waals surface area contributed by atoms with E-state index in [2.05, 4.69) is 6.92 Å². The Balaban J connectivity index is 0. The molecule has 0 fully saturated rings. The number of unbranched alkanes of at least 4 members (excludes halogenated alkanes) is 15. The maximum atomic E-state index is 10.7. The lowest BCUT2D eigenvalue weighted by molar-refractivity contribution is 0.178. The number of halogens is 4. The van der Waals surface area contributed by atoms with Crippen LogP contribution in [0.2, 0.25) is 0 Å². The molecule has 0 radical (unpaired) electrons. The Morgan fingerprint density at radius 1 is 0.472 bits per heavy atom. The molecule has 0 aliphatic carbocycles. The van der Waals surface area contributed by atoms with Gasteiger partial charge in [-0.05, 0) is 12.8 Å². The van der Waals surface area contributed by atoms with Crippen LogP contribution in [0.15, 0.2) is 0 Å². The smallest absolute Gasteiger partial charge is 0.418 e. The molecule has 3 unspecified atom stereocenters. The van der Waals surface area contributed by atoms with Crippen molar-refractivity contribution >= 4 is 14.5 Å². The average Bonchev–Trinajstić information content (AvgIpc) is 2.83. The molecule has 0 heterocycles. The lowest BCUT2D eigenvalue weighted by Crippen LogP contribution is -2.34. The predicted octanol–water partition coefficient (Wildman–Crippen LogP) is 9.75. The van der Waals surface area contributed by atoms with Gasteiger partial charge in [0.1, 0.15) is 7.26 Å². The van der Waals surface area contributed by atoms with Crippen molar-refractivity contribution < 1.29 is 32.6 Å². The molecule has 0 bridgehead atoms. The van der Waals surface area contributed by atoms with Crippen LogP contribution in [-0.2, 0) is 0 Å². The second kappa shape index (κ2) is 24.2. The first kappa shape index (κ1) is 38.2. The highest BCUT2D eigenvalue weighted by molar-refractivity contribution is 7.77. The molecule has 220 valence electrons. The van der Waals surface area contributed by atoms with Gasteiger partial charge in [-0.1, -0.05) is 118 Å². The molecule has 3 N–H and O–H groups in total. The van der Waals surface area contributed by atoms with Gasteiger partial charge in [0, 0.05) is 19.3 Å². The number of hydrogen-bond acceptors (Lipinski definition) is 3. The van der Waals surface area contributed by atoms with Crippen molar-refractivity contribution in [2.24, 2.45) is 0 Å². The van der Waals surface area contributed by atoms with Crippen LogP contribution in [0.1, 0.15) is 150 Å². The molecule has 0 aliphatic heterocycles. The third kappa shape index (κ3) is 20.1. The summed E-state index contributed by atoms with van der Waals surface area (Å²) in [6.07, 6.45) is 24.2. The summed E-state index contributed by atoms with van der Waals surface area (Å²) in [7, 11) is -8.19. The van der Waals surface area contributed by atoms with Gasteiger partial charge in [-0.3, -0.25) is 0 Å². The van der Waals surface area contributed by atoms with E-state index in [0.717, 1.165) is 19.0 Å². The summed E-state index contributed by atoms with van der Waals surface area (Å²) in [6.45, 7) is 8.19. The van der Waals surface area contributed by atoms with Gasteiger partial charge in [0.15, 0.2) is 17.5 Å². The fourth-order valence-electron chi connectivity index (χ4n) is 5.00. The van der Waals surface area contributed by atoms with E-state index in [0.29, 0.717) is 19.3 Å². The van der Waals surface area contributed by atoms with E-state index < -0.39 is 32.1 Å². The molecule has 0 aromatic heterocycles. The molecule has 0 saturated carbocycles. The minimum atomic E-state index is -6.00. The Bertz CT molecular complexity index is 440. The fourth-order valence-corrected chi connectivity index (χ4v) is 9.89. The third-order valence-corrected chi connectivity index (χ3v) is 12.7. The second-order valence-electron chi connectivity index (χ2n) is 10.2. The van der Waals surface area contributed by atoms with E-state index in [1.54, 1.807) is 0 Å². The predicted molar refractivity (Wildman–Crippen MR) is 150 cm³/mol. The monoisotopic (exact) mass is 548 g/mol. The van der Waals surface area contributed by atoms with E-state index in [1.165, 1.54) is 89.9 Å². The van der Waals surface area contributed by atoms with E-state index in [-0.39, 0.29) is 0 Å². The van der Waals surface area contributed by atoms with Gasteiger partial charge < -0.3 is 32.6 Å². The average molecular weight is 549 g/mol. The Labute approximate surface area is 220 Å². The van der Waals surface area contributed by atoms with Gasteiger partial charge in [-0.2, -0.15) is 0 Å². The second-order valence-corrected chi connectivity index (χ2v) is 14.4. The summed E-state index contributed by atoms with van der Waals surface area (Å²) >= 11 is 0. The van der Waals surface area contributed by atoms with Crippen molar-refractivity contribution in [3.05, 3.63) is 0 Å². The van der Waals surface area contributed by atoms with Gasteiger partial charge in [0.25, 0.3) is 0 Å². The SMILES string of the molecule is CCCCCCCCCCCCCCCCCC[P+](C(O)CC)(C(O)CC)C(O)CC.F[B-](F)(F)F. The molecule has 0 aliphatic rings. The highest BCUT2D eigenvalue weighted by Gasteiger charge is 2.54. The number of rotatable bonds is 23. The normalized spacial score (nSPS) is 16.1. The molecule has 36 heavy (non-hydrogen) atoms. The summed E-state index contributed by atoms with van der Waals surface area (Å²) in [5.74, 6) is -1.60. The zero-order valence-electron chi connectivity index (χ0n) is 23.8. The van der Waals surface area contributed by atoms with Crippen LogP contribution in [0.5, 0.6) is 0 Å². The molecule has 0 aromatic carbocycles. The number of aliphatic hydroxyl groups is 3. The first-order valence-corrected chi connectivity index (χ1v) is 17.0. The molecule has 3 atom stereocenters. The van der Waals surface area contributed by atoms with Crippen molar-refractivity contribution in [1.82, 2.24) is 0 Å². The van der Waals surface area contributed by atoms with Gasteiger partial charge in [0.05, 0.1) is 6.16 Å². The largest absolute Gasteiger partial charge is 0.673 e. The Morgan fingerprint density at radius 2 is 0.694 bits per heavy atom. The number of hydrogen-bond donors (Lipinski definition) is 3.